The van der Waals surface area contributed by atoms with Crippen molar-refractivity contribution in [3.05, 3.63) is 23.2 Å². The Morgan fingerprint density at radius 1 is 1.45 bits per heavy atom. The Bertz CT molecular complexity index is 620. The van der Waals surface area contributed by atoms with Crippen molar-refractivity contribution in [2.24, 2.45) is 0 Å². The van der Waals surface area contributed by atoms with E-state index in [1.54, 1.807) is 11.3 Å². The Kier molecular flexibility index (Phi) is 3.84. The Balaban J connectivity index is 1.62. The molecule has 1 N–H and O–H groups in total. The number of carbonyl (C=O) groups excluding carboxylic acids is 1. The van der Waals surface area contributed by atoms with Gasteiger partial charge in [-0.15, -0.1) is 11.3 Å². The molecule has 1 aromatic heterocycles. The normalized spacial score (nSPS) is 15.6. The molecule has 0 atom stereocenters. The van der Waals surface area contributed by atoms with E-state index in [9.17, 15) is 4.79 Å². The number of ether oxygens (including phenoxy) is 1. The maximum atomic E-state index is 12.0. The SMILES string of the molecule is Cc1nc2ccc(NCC(=O)N3CCOCC3)cc2s1. The molecule has 1 aliphatic rings. The van der Waals surface area contributed by atoms with Gasteiger partial charge in [0.25, 0.3) is 0 Å². The Morgan fingerprint density at radius 2 is 2.25 bits per heavy atom. The van der Waals surface area contributed by atoms with Gasteiger partial charge in [-0.3, -0.25) is 4.79 Å². The fraction of sp³-hybridized carbons (Fsp3) is 0.429. The Morgan fingerprint density at radius 3 is 3.05 bits per heavy atom. The summed E-state index contributed by atoms with van der Waals surface area (Å²) in [4.78, 5) is 18.3. The van der Waals surface area contributed by atoms with Crippen LogP contribution in [0.15, 0.2) is 18.2 Å². The van der Waals surface area contributed by atoms with E-state index in [4.69, 9.17) is 4.74 Å². The minimum Gasteiger partial charge on any atom is -0.378 e. The minimum absolute atomic E-state index is 0.119. The molecule has 1 saturated heterocycles. The van der Waals surface area contributed by atoms with Gasteiger partial charge in [0.1, 0.15) is 0 Å². The van der Waals surface area contributed by atoms with Gasteiger partial charge in [0.05, 0.1) is 35.0 Å². The number of aryl methyl sites for hydroxylation is 1. The van der Waals surface area contributed by atoms with Gasteiger partial charge in [-0.25, -0.2) is 4.98 Å². The molecule has 1 aliphatic heterocycles. The third kappa shape index (κ3) is 2.91. The highest BCUT2D eigenvalue weighted by Gasteiger charge is 2.16. The lowest BCUT2D eigenvalue weighted by atomic mass is 10.3. The van der Waals surface area contributed by atoms with Crippen LogP contribution < -0.4 is 5.32 Å². The Labute approximate surface area is 121 Å². The number of morpholine rings is 1. The standard InChI is InChI=1S/C14H17N3O2S/c1-10-16-12-3-2-11(8-13(12)20-10)15-9-14(18)17-4-6-19-7-5-17/h2-3,8,15H,4-7,9H2,1H3. The average Bonchev–Trinajstić information content (AvgIpc) is 2.85. The molecular weight excluding hydrogens is 274 g/mol. The zero-order valence-corrected chi connectivity index (χ0v) is 12.2. The number of hydrogen-bond donors (Lipinski definition) is 1. The highest BCUT2D eigenvalue weighted by molar-refractivity contribution is 7.18. The van der Waals surface area contributed by atoms with Crippen LogP contribution in [-0.2, 0) is 9.53 Å². The predicted octanol–water partition coefficient (Wildman–Crippen LogP) is 1.88. The molecule has 106 valence electrons. The molecule has 0 bridgehead atoms. The van der Waals surface area contributed by atoms with Gasteiger partial charge in [0.2, 0.25) is 5.91 Å². The van der Waals surface area contributed by atoms with E-state index in [0.717, 1.165) is 20.9 Å². The monoisotopic (exact) mass is 291 g/mol. The molecule has 20 heavy (non-hydrogen) atoms. The van der Waals surface area contributed by atoms with Gasteiger partial charge >= 0.3 is 0 Å². The maximum Gasteiger partial charge on any atom is 0.242 e. The van der Waals surface area contributed by atoms with E-state index in [2.05, 4.69) is 10.3 Å². The van der Waals surface area contributed by atoms with Crippen molar-refractivity contribution in [3.8, 4) is 0 Å². The van der Waals surface area contributed by atoms with E-state index in [1.807, 2.05) is 30.0 Å². The number of fused-ring (bicyclic) bond motifs is 1. The van der Waals surface area contributed by atoms with Crippen molar-refractivity contribution in [2.45, 2.75) is 6.92 Å². The number of nitrogens with zero attached hydrogens (tertiary/aromatic N) is 2. The zero-order chi connectivity index (χ0) is 13.9. The fourth-order valence-electron chi connectivity index (χ4n) is 2.25. The van der Waals surface area contributed by atoms with Crippen LogP contribution in [0.5, 0.6) is 0 Å². The molecule has 5 nitrogen and oxygen atoms in total. The maximum absolute atomic E-state index is 12.0. The fourth-order valence-corrected chi connectivity index (χ4v) is 3.12. The van der Waals surface area contributed by atoms with Crippen molar-refractivity contribution in [1.82, 2.24) is 9.88 Å². The van der Waals surface area contributed by atoms with Crippen molar-refractivity contribution in [3.63, 3.8) is 0 Å². The van der Waals surface area contributed by atoms with Crippen molar-refractivity contribution in [2.75, 3.05) is 38.2 Å². The number of thiazole rings is 1. The largest absolute Gasteiger partial charge is 0.378 e. The molecule has 1 amide bonds. The van der Waals surface area contributed by atoms with Gasteiger partial charge in [-0.2, -0.15) is 0 Å². The molecule has 0 spiro atoms. The number of anilines is 1. The summed E-state index contributed by atoms with van der Waals surface area (Å²) in [5.41, 5.74) is 1.97. The number of benzene rings is 1. The van der Waals surface area contributed by atoms with Crippen molar-refractivity contribution < 1.29 is 9.53 Å². The van der Waals surface area contributed by atoms with E-state index in [1.165, 1.54) is 0 Å². The zero-order valence-electron chi connectivity index (χ0n) is 11.4. The van der Waals surface area contributed by atoms with Gasteiger partial charge in [-0.1, -0.05) is 0 Å². The number of hydrogen-bond acceptors (Lipinski definition) is 5. The number of carbonyl (C=O) groups is 1. The van der Waals surface area contributed by atoms with Crippen LogP contribution >= 0.6 is 11.3 Å². The number of aromatic nitrogens is 1. The highest BCUT2D eigenvalue weighted by atomic mass is 32.1. The smallest absolute Gasteiger partial charge is 0.242 e. The number of nitrogens with one attached hydrogen (secondary N) is 1. The first-order valence-corrected chi connectivity index (χ1v) is 7.50. The van der Waals surface area contributed by atoms with Gasteiger partial charge < -0.3 is 15.0 Å². The first-order valence-electron chi connectivity index (χ1n) is 6.69. The molecule has 3 rings (SSSR count). The Hall–Kier alpha value is -1.66. The predicted molar refractivity (Wildman–Crippen MR) is 80.2 cm³/mol. The molecule has 0 aliphatic carbocycles. The topological polar surface area (TPSA) is 54.5 Å². The van der Waals surface area contributed by atoms with Crippen LogP contribution in [0, 0.1) is 6.92 Å². The van der Waals surface area contributed by atoms with Crippen LogP contribution in [0.1, 0.15) is 5.01 Å². The molecule has 0 unspecified atom stereocenters. The van der Waals surface area contributed by atoms with E-state index in [-0.39, 0.29) is 5.91 Å². The molecule has 6 heteroatoms. The molecule has 0 saturated carbocycles. The third-order valence-electron chi connectivity index (χ3n) is 3.30. The van der Waals surface area contributed by atoms with Crippen molar-refractivity contribution >= 4 is 33.1 Å². The summed E-state index contributed by atoms with van der Waals surface area (Å²) < 4.78 is 6.39. The summed E-state index contributed by atoms with van der Waals surface area (Å²) in [7, 11) is 0. The summed E-state index contributed by atoms with van der Waals surface area (Å²) in [5.74, 6) is 0.119. The second-order valence-corrected chi connectivity index (χ2v) is 6.00. The summed E-state index contributed by atoms with van der Waals surface area (Å²) in [6.07, 6.45) is 0. The lowest BCUT2D eigenvalue weighted by molar-refractivity contribution is -0.133. The number of amides is 1. The van der Waals surface area contributed by atoms with Gasteiger partial charge in [-0.05, 0) is 25.1 Å². The van der Waals surface area contributed by atoms with Gasteiger partial charge in [0.15, 0.2) is 0 Å². The lowest BCUT2D eigenvalue weighted by Crippen LogP contribution is -2.43. The van der Waals surface area contributed by atoms with Crippen LogP contribution in [0.25, 0.3) is 10.2 Å². The summed E-state index contributed by atoms with van der Waals surface area (Å²) in [6.45, 7) is 4.97. The van der Waals surface area contributed by atoms with Crippen LogP contribution in [0.4, 0.5) is 5.69 Å². The summed E-state index contributed by atoms with van der Waals surface area (Å²) >= 11 is 1.67. The molecule has 2 aromatic rings. The summed E-state index contributed by atoms with van der Waals surface area (Å²) in [5, 5.41) is 4.25. The van der Waals surface area contributed by atoms with Gasteiger partial charge in [0, 0.05) is 18.8 Å². The first kappa shape index (κ1) is 13.3. The second-order valence-electron chi connectivity index (χ2n) is 4.76. The van der Waals surface area contributed by atoms with E-state index >= 15 is 0 Å². The van der Waals surface area contributed by atoms with Crippen LogP contribution in [0.3, 0.4) is 0 Å². The molecule has 1 aromatic carbocycles. The third-order valence-corrected chi connectivity index (χ3v) is 4.24. The summed E-state index contributed by atoms with van der Waals surface area (Å²) in [6, 6.07) is 6.00. The molecule has 1 fully saturated rings. The highest BCUT2D eigenvalue weighted by Crippen LogP contribution is 2.24. The lowest BCUT2D eigenvalue weighted by Gasteiger charge is -2.27. The quantitative estimate of drug-likeness (QED) is 0.938. The molecule has 2 heterocycles. The van der Waals surface area contributed by atoms with E-state index < -0.39 is 0 Å². The minimum atomic E-state index is 0.119. The first-order chi connectivity index (χ1) is 9.72. The molecule has 0 radical (unpaired) electrons. The van der Waals surface area contributed by atoms with Crippen molar-refractivity contribution in [1.29, 1.82) is 0 Å². The van der Waals surface area contributed by atoms with Crippen LogP contribution in [0.2, 0.25) is 0 Å². The second kappa shape index (κ2) is 5.76. The van der Waals surface area contributed by atoms with Crippen LogP contribution in [-0.4, -0.2) is 48.6 Å². The number of rotatable bonds is 3. The average molecular weight is 291 g/mol. The van der Waals surface area contributed by atoms with E-state index in [0.29, 0.717) is 32.8 Å². The molecular formula is C14H17N3O2S.